The Morgan fingerprint density at radius 3 is 2.44 bits per heavy atom. The molecule has 2 fully saturated rings. The van der Waals surface area contributed by atoms with Crippen LogP contribution in [0.4, 0.5) is 4.79 Å². The molecule has 5 nitrogen and oxygen atoms in total. The van der Waals surface area contributed by atoms with Gasteiger partial charge in [0.25, 0.3) is 5.91 Å². The average molecular weight is 250 g/mol. The summed E-state index contributed by atoms with van der Waals surface area (Å²) in [7, 11) is 0. The number of primary amides is 1. The molecule has 0 aromatic rings. The fourth-order valence-electron chi connectivity index (χ4n) is 3.39. The third-order valence-corrected chi connectivity index (χ3v) is 4.90. The number of carbonyl (C=O) groups excluding carboxylic acids is 3. The van der Waals surface area contributed by atoms with E-state index in [0.29, 0.717) is 5.57 Å². The second kappa shape index (κ2) is 3.67. The van der Waals surface area contributed by atoms with Crippen molar-refractivity contribution in [2.75, 3.05) is 0 Å². The van der Waals surface area contributed by atoms with Crippen LogP contribution in [-0.4, -0.2) is 17.7 Å². The van der Waals surface area contributed by atoms with Gasteiger partial charge in [-0.2, -0.15) is 0 Å². The Kier molecular flexibility index (Phi) is 2.61. The van der Waals surface area contributed by atoms with E-state index in [-0.39, 0.29) is 17.1 Å². The van der Waals surface area contributed by atoms with Crippen LogP contribution in [0.5, 0.6) is 0 Å². The Morgan fingerprint density at radius 2 is 2.00 bits per heavy atom. The zero-order valence-corrected chi connectivity index (χ0v) is 10.9. The van der Waals surface area contributed by atoms with Crippen molar-refractivity contribution in [3.8, 4) is 0 Å². The first-order valence-corrected chi connectivity index (χ1v) is 6.07. The van der Waals surface area contributed by atoms with Crippen molar-refractivity contribution in [2.45, 2.75) is 33.6 Å². The summed E-state index contributed by atoms with van der Waals surface area (Å²) in [5.74, 6) is -0.491. The largest absolute Gasteiger partial charge is 0.351 e. The fourth-order valence-corrected chi connectivity index (χ4v) is 3.39. The molecule has 2 aliphatic carbocycles. The quantitative estimate of drug-likeness (QED) is 0.684. The van der Waals surface area contributed by atoms with Crippen molar-refractivity contribution in [3.05, 3.63) is 11.6 Å². The van der Waals surface area contributed by atoms with Gasteiger partial charge < -0.3 is 5.73 Å². The highest BCUT2D eigenvalue weighted by molar-refractivity contribution is 6.10. The summed E-state index contributed by atoms with van der Waals surface area (Å²) in [4.78, 5) is 34.5. The van der Waals surface area contributed by atoms with Gasteiger partial charge in [-0.15, -0.1) is 0 Å². The number of imide groups is 1. The Labute approximate surface area is 106 Å². The first-order valence-electron chi connectivity index (χ1n) is 6.07. The Morgan fingerprint density at radius 1 is 1.39 bits per heavy atom. The van der Waals surface area contributed by atoms with Crippen LogP contribution in [0.2, 0.25) is 0 Å². The molecule has 98 valence electrons. The van der Waals surface area contributed by atoms with Crippen LogP contribution in [0.1, 0.15) is 33.6 Å². The number of hydrogen-bond acceptors (Lipinski definition) is 3. The summed E-state index contributed by atoms with van der Waals surface area (Å²) in [5, 5.41) is 1.96. The van der Waals surface area contributed by atoms with Gasteiger partial charge in [0.05, 0.1) is 0 Å². The summed E-state index contributed by atoms with van der Waals surface area (Å²) < 4.78 is 0. The maximum absolute atomic E-state index is 12.4. The zero-order chi connectivity index (χ0) is 13.7. The molecule has 18 heavy (non-hydrogen) atoms. The molecular weight excluding hydrogens is 232 g/mol. The average Bonchev–Trinajstić information content (AvgIpc) is 2.52. The molecule has 0 spiro atoms. The van der Waals surface area contributed by atoms with E-state index < -0.39 is 17.4 Å². The normalized spacial score (nSPS) is 34.9. The third-order valence-electron chi connectivity index (χ3n) is 4.90. The number of nitrogens with two attached hydrogens (primary N) is 1. The van der Waals surface area contributed by atoms with Crippen LogP contribution in [-0.2, 0) is 9.59 Å². The number of rotatable bonds is 1. The number of carbonyl (C=O) groups is 3. The lowest BCUT2D eigenvalue weighted by molar-refractivity contribution is -0.125. The molecule has 2 rings (SSSR count). The Hall–Kier alpha value is -1.65. The van der Waals surface area contributed by atoms with Gasteiger partial charge in [0.15, 0.2) is 5.78 Å². The Bertz CT molecular complexity index is 479. The van der Waals surface area contributed by atoms with Gasteiger partial charge >= 0.3 is 6.03 Å². The summed E-state index contributed by atoms with van der Waals surface area (Å²) >= 11 is 0. The minimum absolute atomic E-state index is 0.0309. The molecule has 3 N–H and O–H groups in total. The van der Waals surface area contributed by atoms with E-state index in [2.05, 4.69) is 13.8 Å². The van der Waals surface area contributed by atoms with Crippen LogP contribution >= 0.6 is 0 Å². The lowest BCUT2D eigenvalue weighted by Gasteiger charge is -2.31. The third kappa shape index (κ3) is 1.50. The van der Waals surface area contributed by atoms with Crippen molar-refractivity contribution >= 4 is 17.7 Å². The van der Waals surface area contributed by atoms with E-state index >= 15 is 0 Å². The molecule has 0 aromatic heterocycles. The topological polar surface area (TPSA) is 89.3 Å². The summed E-state index contributed by atoms with van der Waals surface area (Å²) in [6.07, 6.45) is 3.01. The molecule has 2 aliphatic rings. The molecule has 2 saturated carbocycles. The molecule has 5 heteroatoms. The smallest absolute Gasteiger partial charge is 0.319 e. The van der Waals surface area contributed by atoms with E-state index in [1.54, 1.807) is 0 Å². The molecule has 3 amide bonds. The predicted octanol–water partition coefficient (Wildman–Crippen LogP) is 1.13. The molecule has 0 heterocycles. The van der Waals surface area contributed by atoms with Crippen molar-refractivity contribution in [1.29, 1.82) is 0 Å². The molecule has 2 atom stereocenters. The standard InChI is InChI=1S/C13H18N2O3/c1-12(2)8-4-5-13(12,3)10(17)7(8)6-9(16)15-11(14)18/h6,8H,4-5H2,1-3H3,(H3,14,15,16,18)/b7-6+/t8-,13+/m0/s1. The van der Waals surface area contributed by atoms with Gasteiger partial charge in [-0.05, 0) is 24.2 Å². The molecule has 0 aromatic carbocycles. The van der Waals surface area contributed by atoms with E-state index in [1.165, 1.54) is 6.08 Å². The van der Waals surface area contributed by atoms with Crippen molar-refractivity contribution in [3.63, 3.8) is 0 Å². The van der Waals surface area contributed by atoms with Gasteiger partial charge in [-0.25, -0.2) is 4.79 Å². The minimum Gasteiger partial charge on any atom is -0.351 e. The molecule has 0 unspecified atom stereocenters. The first-order chi connectivity index (χ1) is 8.20. The first kappa shape index (κ1) is 12.8. The number of urea groups is 1. The van der Waals surface area contributed by atoms with Crippen molar-refractivity contribution < 1.29 is 14.4 Å². The van der Waals surface area contributed by atoms with E-state index in [4.69, 9.17) is 5.73 Å². The summed E-state index contributed by atoms with van der Waals surface area (Å²) in [6.45, 7) is 6.09. The highest BCUT2D eigenvalue weighted by Gasteiger charge is 2.63. The second-order valence-electron chi connectivity index (χ2n) is 5.93. The lowest BCUT2D eigenvalue weighted by atomic mass is 9.70. The molecule has 0 radical (unpaired) electrons. The number of Topliss-reactive ketones (excluding diaryl/α,β-unsaturated/α-hetero) is 1. The van der Waals surface area contributed by atoms with E-state index in [9.17, 15) is 14.4 Å². The lowest BCUT2D eigenvalue weighted by Crippen LogP contribution is -2.35. The van der Waals surface area contributed by atoms with Crippen LogP contribution in [0.25, 0.3) is 0 Å². The van der Waals surface area contributed by atoms with Gasteiger partial charge in [-0.3, -0.25) is 14.9 Å². The van der Waals surface area contributed by atoms with Crippen LogP contribution in [0.3, 0.4) is 0 Å². The van der Waals surface area contributed by atoms with Gasteiger partial charge in [0.2, 0.25) is 0 Å². The Balaban J connectivity index is 2.33. The molecule has 0 saturated heterocycles. The number of amides is 3. The number of ketones is 1. The molecular formula is C13H18N2O3. The van der Waals surface area contributed by atoms with Crippen LogP contribution < -0.4 is 11.1 Å². The summed E-state index contributed by atoms with van der Waals surface area (Å²) in [5.41, 5.74) is 4.88. The fraction of sp³-hybridized carbons (Fsp3) is 0.615. The highest BCUT2D eigenvalue weighted by Crippen LogP contribution is 2.65. The highest BCUT2D eigenvalue weighted by atomic mass is 16.2. The van der Waals surface area contributed by atoms with Crippen molar-refractivity contribution in [2.24, 2.45) is 22.5 Å². The predicted molar refractivity (Wildman–Crippen MR) is 65.4 cm³/mol. The van der Waals surface area contributed by atoms with E-state index in [0.717, 1.165) is 12.8 Å². The molecule has 0 aliphatic heterocycles. The summed E-state index contributed by atoms with van der Waals surface area (Å²) in [6, 6.07) is -0.905. The molecule has 2 bridgehead atoms. The van der Waals surface area contributed by atoms with Crippen molar-refractivity contribution in [1.82, 2.24) is 5.32 Å². The monoisotopic (exact) mass is 250 g/mol. The van der Waals surface area contributed by atoms with E-state index in [1.807, 2.05) is 12.2 Å². The number of hydrogen-bond donors (Lipinski definition) is 2. The van der Waals surface area contributed by atoms with Gasteiger partial charge in [0, 0.05) is 17.1 Å². The zero-order valence-electron chi connectivity index (χ0n) is 10.9. The minimum atomic E-state index is -0.905. The maximum atomic E-state index is 12.4. The van der Waals surface area contributed by atoms with Gasteiger partial charge in [0.1, 0.15) is 0 Å². The van der Waals surface area contributed by atoms with Gasteiger partial charge in [-0.1, -0.05) is 20.8 Å². The SMILES string of the molecule is CC1(C)[C@H]2CC[C@]1(C)C(=O)/C2=C/C(=O)NC(N)=O. The number of allylic oxidation sites excluding steroid dienone is 1. The maximum Gasteiger partial charge on any atom is 0.319 e. The van der Waals surface area contributed by atoms with Crippen LogP contribution in [0, 0.1) is 16.7 Å². The van der Waals surface area contributed by atoms with Crippen LogP contribution in [0.15, 0.2) is 11.6 Å². The second-order valence-corrected chi connectivity index (χ2v) is 5.93. The number of fused-ring (bicyclic) bond motifs is 2. The number of nitrogens with one attached hydrogen (secondary N) is 1.